The van der Waals surface area contributed by atoms with E-state index in [0.29, 0.717) is 28.0 Å². The summed E-state index contributed by atoms with van der Waals surface area (Å²) in [5.41, 5.74) is 2.73. The fraction of sp³-hybridized carbons (Fsp3) is 0.0556. The van der Waals surface area contributed by atoms with Gasteiger partial charge >= 0.3 is 0 Å². The van der Waals surface area contributed by atoms with Crippen LogP contribution >= 0.6 is 23.2 Å². The first kappa shape index (κ1) is 17.2. The minimum atomic E-state index is -0.322. The molecule has 0 aliphatic carbocycles. The van der Waals surface area contributed by atoms with Gasteiger partial charge in [0.1, 0.15) is 5.69 Å². The van der Waals surface area contributed by atoms with E-state index in [-0.39, 0.29) is 5.91 Å². The Morgan fingerprint density at radius 2 is 1.84 bits per heavy atom. The molecule has 7 heteroatoms. The predicted octanol–water partition coefficient (Wildman–Crippen LogP) is 4.65. The Morgan fingerprint density at radius 1 is 1.00 bits per heavy atom. The molecule has 0 saturated heterocycles. The number of pyridine rings is 2. The number of hydrogen-bond donors (Lipinski definition) is 2. The minimum absolute atomic E-state index is 0.304. The molecule has 0 aliphatic heterocycles. The lowest BCUT2D eigenvalue weighted by Gasteiger charge is -2.08. The van der Waals surface area contributed by atoms with Crippen LogP contribution in [0, 0.1) is 0 Å². The Morgan fingerprint density at radius 3 is 2.52 bits per heavy atom. The molecule has 0 bridgehead atoms. The number of aromatic nitrogens is 2. The van der Waals surface area contributed by atoms with E-state index in [1.165, 1.54) is 0 Å². The van der Waals surface area contributed by atoms with Crippen LogP contribution in [0.1, 0.15) is 16.1 Å². The van der Waals surface area contributed by atoms with Gasteiger partial charge in [0.25, 0.3) is 5.91 Å². The highest BCUT2D eigenvalue weighted by molar-refractivity contribution is 6.42. The molecule has 2 N–H and O–H groups in total. The molecule has 2 heterocycles. The maximum absolute atomic E-state index is 12.2. The van der Waals surface area contributed by atoms with E-state index < -0.39 is 0 Å². The van der Waals surface area contributed by atoms with E-state index >= 15 is 0 Å². The Balaban J connectivity index is 1.61. The predicted molar refractivity (Wildman–Crippen MR) is 100 cm³/mol. The van der Waals surface area contributed by atoms with Crippen LogP contribution in [0.3, 0.4) is 0 Å². The van der Waals surface area contributed by atoms with Crippen LogP contribution in [-0.2, 0) is 6.54 Å². The highest BCUT2D eigenvalue weighted by Crippen LogP contribution is 2.25. The van der Waals surface area contributed by atoms with Crippen molar-refractivity contribution in [1.82, 2.24) is 9.97 Å². The average Bonchev–Trinajstić information content (AvgIpc) is 2.64. The van der Waals surface area contributed by atoms with E-state index in [4.69, 9.17) is 23.2 Å². The van der Waals surface area contributed by atoms with Gasteiger partial charge in [0, 0.05) is 24.6 Å². The topological polar surface area (TPSA) is 66.9 Å². The van der Waals surface area contributed by atoms with E-state index in [2.05, 4.69) is 20.6 Å². The number of nitrogens with one attached hydrogen (secondary N) is 2. The summed E-state index contributed by atoms with van der Waals surface area (Å²) in [6, 6.07) is 12.2. The van der Waals surface area contributed by atoms with Gasteiger partial charge in [0.05, 0.1) is 21.9 Å². The molecule has 3 rings (SSSR count). The van der Waals surface area contributed by atoms with E-state index in [1.54, 1.807) is 48.9 Å². The summed E-state index contributed by atoms with van der Waals surface area (Å²) in [7, 11) is 0. The first-order valence-corrected chi connectivity index (χ1v) is 8.22. The number of benzene rings is 1. The van der Waals surface area contributed by atoms with Crippen LogP contribution in [0.25, 0.3) is 0 Å². The summed E-state index contributed by atoms with van der Waals surface area (Å²) in [5, 5.41) is 6.76. The Kier molecular flexibility index (Phi) is 5.48. The highest BCUT2D eigenvalue weighted by atomic mass is 35.5. The monoisotopic (exact) mass is 372 g/mol. The summed E-state index contributed by atoms with van der Waals surface area (Å²) >= 11 is 11.8. The Hall–Kier alpha value is -2.63. The van der Waals surface area contributed by atoms with Crippen LogP contribution < -0.4 is 10.6 Å². The van der Waals surface area contributed by atoms with Gasteiger partial charge in [-0.05, 0) is 42.0 Å². The molecule has 25 heavy (non-hydrogen) atoms. The van der Waals surface area contributed by atoms with Crippen LogP contribution in [0.4, 0.5) is 11.4 Å². The van der Waals surface area contributed by atoms with Crippen molar-refractivity contribution in [2.75, 3.05) is 10.6 Å². The molecule has 0 fully saturated rings. The van der Waals surface area contributed by atoms with Gasteiger partial charge < -0.3 is 10.6 Å². The zero-order chi connectivity index (χ0) is 17.6. The van der Waals surface area contributed by atoms with E-state index in [0.717, 1.165) is 11.3 Å². The molecule has 5 nitrogen and oxygen atoms in total. The molecule has 0 atom stereocenters. The molecule has 0 spiro atoms. The van der Waals surface area contributed by atoms with Crippen molar-refractivity contribution in [2.24, 2.45) is 0 Å². The van der Waals surface area contributed by atoms with Gasteiger partial charge in [-0.25, -0.2) is 4.98 Å². The number of anilines is 2. The first-order valence-electron chi connectivity index (χ1n) is 7.47. The summed E-state index contributed by atoms with van der Waals surface area (Å²) < 4.78 is 0. The van der Waals surface area contributed by atoms with Gasteiger partial charge in [-0.15, -0.1) is 0 Å². The van der Waals surface area contributed by atoms with E-state index in [9.17, 15) is 4.79 Å². The van der Waals surface area contributed by atoms with Crippen LogP contribution in [0.2, 0.25) is 10.0 Å². The second-order valence-electron chi connectivity index (χ2n) is 5.23. The standard InChI is InChI=1S/C18H14Cl2N4O/c19-15-5-3-13(8-16(15)20)24-18(25)17-6-4-14(11-23-17)22-10-12-2-1-7-21-9-12/h1-9,11,22H,10H2,(H,24,25). The normalized spacial score (nSPS) is 10.3. The van der Waals surface area contributed by atoms with Crippen LogP contribution in [0.15, 0.2) is 61.1 Å². The van der Waals surface area contributed by atoms with Gasteiger partial charge in [-0.3, -0.25) is 9.78 Å². The lowest BCUT2D eigenvalue weighted by atomic mass is 10.2. The maximum Gasteiger partial charge on any atom is 0.274 e. The first-order chi connectivity index (χ1) is 12.1. The molecule has 3 aromatic rings. The number of rotatable bonds is 5. The van der Waals surface area contributed by atoms with Crippen LogP contribution in [-0.4, -0.2) is 15.9 Å². The Bertz CT molecular complexity index is 870. The van der Waals surface area contributed by atoms with Crippen molar-refractivity contribution >= 4 is 40.5 Å². The lowest BCUT2D eigenvalue weighted by Crippen LogP contribution is -2.13. The van der Waals surface area contributed by atoms with Gasteiger partial charge in [-0.2, -0.15) is 0 Å². The van der Waals surface area contributed by atoms with Crippen molar-refractivity contribution < 1.29 is 4.79 Å². The van der Waals surface area contributed by atoms with Crippen molar-refractivity contribution in [2.45, 2.75) is 6.54 Å². The summed E-state index contributed by atoms with van der Waals surface area (Å²) in [6.45, 7) is 0.629. The third kappa shape index (κ3) is 4.68. The van der Waals surface area contributed by atoms with Crippen molar-refractivity contribution in [1.29, 1.82) is 0 Å². The smallest absolute Gasteiger partial charge is 0.274 e. The fourth-order valence-electron chi connectivity index (χ4n) is 2.11. The molecule has 1 aromatic carbocycles. The third-order valence-electron chi connectivity index (χ3n) is 3.39. The molecule has 0 radical (unpaired) electrons. The number of hydrogen-bond acceptors (Lipinski definition) is 4. The third-order valence-corrected chi connectivity index (χ3v) is 4.13. The largest absolute Gasteiger partial charge is 0.380 e. The van der Waals surface area contributed by atoms with Gasteiger partial charge in [0.2, 0.25) is 0 Å². The molecule has 1 amide bonds. The molecular weight excluding hydrogens is 359 g/mol. The van der Waals surface area contributed by atoms with Crippen LogP contribution in [0.5, 0.6) is 0 Å². The number of halogens is 2. The molecular formula is C18H14Cl2N4O. The number of amides is 1. The summed E-state index contributed by atoms with van der Waals surface area (Å²) in [4.78, 5) is 20.5. The van der Waals surface area contributed by atoms with Crippen molar-refractivity contribution in [3.05, 3.63) is 82.4 Å². The maximum atomic E-state index is 12.2. The summed E-state index contributed by atoms with van der Waals surface area (Å²) in [5.74, 6) is -0.322. The number of carbonyl (C=O) groups is 1. The zero-order valence-electron chi connectivity index (χ0n) is 13.0. The van der Waals surface area contributed by atoms with Gasteiger partial charge in [-0.1, -0.05) is 29.3 Å². The summed E-state index contributed by atoms with van der Waals surface area (Å²) in [6.07, 6.45) is 5.13. The average molecular weight is 373 g/mol. The van der Waals surface area contributed by atoms with Crippen molar-refractivity contribution in [3.63, 3.8) is 0 Å². The molecule has 0 aliphatic rings. The van der Waals surface area contributed by atoms with Gasteiger partial charge in [0.15, 0.2) is 0 Å². The molecule has 2 aromatic heterocycles. The fourth-order valence-corrected chi connectivity index (χ4v) is 2.41. The number of nitrogens with zero attached hydrogens (tertiary/aromatic N) is 2. The molecule has 0 unspecified atom stereocenters. The number of carbonyl (C=O) groups excluding carboxylic acids is 1. The zero-order valence-corrected chi connectivity index (χ0v) is 14.6. The highest BCUT2D eigenvalue weighted by Gasteiger charge is 2.09. The quantitative estimate of drug-likeness (QED) is 0.683. The lowest BCUT2D eigenvalue weighted by molar-refractivity contribution is 0.102. The van der Waals surface area contributed by atoms with Crippen molar-refractivity contribution in [3.8, 4) is 0 Å². The Labute approximate surface area is 155 Å². The second kappa shape index (κ2) is 7.96. The van der Waals surface area contributed by atoms with E-state index in [1.807, 2.05) is 12.1 Å². The SMILES string of the molecule is O=C(Nc1ccc(Cl)c(Cl)c1)c1ccc(NCc2cccnc2)cn1. The molecule has 126 valence electrons. The minimum Gasteiger partial charge on any atom is -0.380 e. The molecule has 0 saturated carbocycles. The second-order valence-corrected chi connectivity index (χ2v) is 6.04.